The summed E-state index contributed by atoms with van der Waals surface area (Å²) in [5, 5.41) is 0.984. The van der Waals surface area contributed by atoms with Gasteiger partial charge in [0.25, 0.3) is 0 Å². The van der Waals surface area contributed by atoms with E-state index in [-0.39, 0.29) is 0 Å². The number of hydrogen-bond donors (Lipinski definition) is 0. The smallest absolute Gasteiger partial charge is 0.142 e. The van der Waals surface area contributed by atoms with E-state index in [1.807, 2.05) is 18.3 Å². The average molecular weight is 342 g/mol. The normalized spacial score (nSPS) is 10.8. The Morgan fingerprint density at radius 1 is 0.840 bits per heavy atom. The zero-order valence-electron chi connectivity index (χ0n) is 14.0. The van der Waals surface area contributed by atoms with Crippen LogP contribution in [-0.4, -0.2) is 9.97 Å². The molecule has 0 radical (unpaired) electrons. The third kappa shape index (κ3) is 3.67. The summed E-state index contributed by atoms with van der Waals surface area (Å²) < 4.78 is 0. The number of aryl methyl sites for hydroxylation is 1. The Hall–Kier alpha value is -2.78. The first-order chi connectivity index (χ1) is 12.3. The maximum absolute atomic E-state index is 4.80. The van der Waals surface area contributed by atoms with Crippen molar-refractivity contribution in [3.63, 3.8) is 0 Å². The van der Waals surface area contributed by atoms with Crippen LogP contribution >= 0.6 is 11.3 Å². The predicted octanol–water partition coefficient (Wildman–Crippen LogP) is 5.77. The number of benzene rings is 2. The molecule has 0 unspecified atom stereocenters. The summed E-state index contributed by atoms with van der Waals surface area (Å²) in [6, 6.07) is 25.3. The Labute approximate surface area is 151 Å². The van der Waals surface area contributed by atoms with Gasteiger partial charge in [0.2, 0.25) is 0 Å². The van der Waals surface area contributed by atoms with Crippen LogP contribution in [0.3, 0.4) is 0 Å². The first kappa shape index (κ1) is 15.7. The zero-order valence-corrected chi connectivity index (χ0v) is 14.8. The molecule has 0 spiro atoms. The molecule has 0 fully saturated rings. The Balaban J connectivity index is 1.61. The maximum Gasteiger partial charge on any atom is 0.142 e. The summed E-state index contributed by atoms with van der Waals surface area (Å²) in [5.74, 6) is 0. The van der Waals surface area contributed by atoms with Gasteiger partial charge in [-0.3, -0.25) is 0 Å². The molecule has 0 saturated heterocycles. The number of nitrogens with zero attached hydrogens (tertiary/aromatic N) is 2. The lowest BCUT2D eigenvalue weighted by Gasteiger charge is -2.06. The van der Waals surface area contributed by atoms with E-state index in [0.29, 0.717) is 0 Å². The van der Waals surface area contributed by atoms with Crippen molar-refractivity contribution in [1.29, 1.82) is 0 Å². The van der Waals surface area contributed by atoms with E-state index in [2.05, 4.69) is 72.6 Å². The molecule has 3 heteroatoms. The number of hydrogen-bond acceptors (Lipinski definition) is 3. The lowest BCUT2D eigenvalue weighted by Crippen LogP contribution is -1.94. The van der Waals surface area contributed by atoms with Crippen molar-refractivity contribution < 1.29 is 0 Å². The minimum absolute atomic E-state index is 0.818. The molecular formula is C22H18N2S. The monoisotopic (exact) mass is 342 g/mol. The summed E-state index contributed by atoms with van der Waals surface area (Å²) >= 11 is 1.68. The van der Waals surface area contributed by atoms with E-state index in [0.717, 1.165) is 22.8 Å². The van der Waals surface area contributed by atoms with Crippen LogP contribution in [0.2, 0.25) is 0 Å². The molecule has 25 heavy (non-hydrogen) atoms. The molecular weight excluding hydrogens is 324 g/mol. The summed E-state index contributed by atoms with van der Waals surface area (Å²) in [5.41, 5.74) is 5.76. The molecule has 122 valence electrons. The SMILES string of the molecule is Cc1cnc(-c2cccc(Cc3cccc(-c4ccccc4)c3)n2)s1. The summed E-state index contributed by atoms with van der Waals surface area (Å²) in [6.45, 7) is 2.07. The van der Waals surface area contributed by atoms with Gasteiger partial charge in [0.1, 0.15) is 5.01 Å². The lowest BCUT2D eigenvalue weighted by atomic mass is 10.0. The summed E-state index contributed by atoms with van der Waals surface area (Å²) in [6.07, 6.45) is 2.72. The van der Waals surface area contributed by atoms with Gasteiger partial charge in [-0.25, -0.2) is 9.97 Å². The van der Waals surface area contributed by atoms with Crippen molar-refractivity contribution >= 4 is 11.3 Å². The fourth-order valence-corrected chi connectivity index (χ4v) is 3.60. The van der Waals surface area contributed by atoms with Gasteiger partial charge in [-0.15, -0.1) is 11.3 Å². The molecule has 2 nitrogen and oxygen atoms in total. The second-order valence-electron chi connectivity index (χ2n) is 6.03. The molecule has 0 atom stereocenters. The third-order valence-electron chi connectivity index (χ3n) is 4.07. The van der Waals surface area contributed by atoms with Gasteiger partial charge in [-0.2, -0.15) is 0 Å². The van der Waals surface area contributed by atoms with Gasteiger partial charge in [0, 0.05) is 23.2 Å². The van der Waals surface area contributed by atoms with Crippen molar-refractivity contribution in [3.8, 4) is 21.8 Å². The Morgan fingerprint density at radius 3 is 2.44 bits per heavy atom. The molecule has 2 aromatic carbocycles. The largest absolute Gasteiger partial charge is 0.250 e. The lowest BCUT2D eigenvalue weighted by molar-refractivity contribution is 1.08. The quantitative estimate of drug-likeness (QED) is 0.470. The zero-order chi connectivity index (χ0) is 17.1. The highest BCUT2D eigenvalue weighted by Crippen LogP contribution is 2.24. The topological polar surface area (TPSA) is 25.8 Å². The van der Waals surface area contributed by atoms with Crippen LogP contribution < -0.4 is 0 Å². The van der Waals surface area contributed by atoms with E-state index in [1.165, 1.54) is 21.6 Å². The number of rotatable bonds is 4. The van der Waals surface area contributed by atoms with E-state index in [9.17, 15) is 0 Å². The van der Waals surface area contributed by atoms with Crippen LogP contribution in [0.4, 0.5) is 0 Å². The van der Waals surface area contributed by atoms with Crippen LogP contribution in [0.15, 0.2) is 79.0 Å². The summed E-state index contributed by atoms with van der Waals surface area (Å²) in [4.78, 5) is 10.5. The molecule has 0 amide bonds. The van der Waals surface area contributed by atoms with E-state index < -0.39 is 0 Å². The van der Waals surface area contributed by atoms with Gasteiger partial charge >= 0.3 is 0 Å². The molecule has 0 aliphatic rings. The molecule has 2 aromatic heterocycles. The third-order valence-corrected chi connectivity index (χ3v) is 5.00. The Bertz CT molecular complexity index is 990. The molecule has 4 aromatic rings. The van der Waals surface area contributed by atoms with Crippen LogP contribution in [-0.2, 0) is 6.42 Å². The van der Waals surface area contributed by atoms with Crippen molar-refractivity contribution in [2.45, 2.75) is 13.3 Å². The van der Waals surface area contributed by atoms with Crippen molar-refractivity contribution in [2.75, 3.05) is 0 Å². The van der Waals surface area contributed by atoms with Crippen LogP contribution in [0.5, 0.6) is 0 Å². The molecule has 0 N–H and O–H groups in total. The van der Waals surface area contributed by atoms with Gasteiger partial charge in [0.05, 0.1) is 5.69 Å². The molecule has 0 bridgehead atoms. The van der Waals surface area contributed by atoms with Crippen molar-refractivity contribution in [3.05, 3.63) is 95.1 Å². The number of aromatic nitrogens is 2. The summed E-state index contributed by atoms with van der Waals surface area (Å²) in [7, 11) is 0. The molecule has 0 aliphatic heterocycles. The standard InChI is InChI=1S/C22H18N2S/c1-16-15-23-22(25-16)21-12-6-11-20(24-21)14-17-7-5-10-19(13-17)18-8-3-2-4-9-18/h2-13,15H,14H2,1H3. The van der Waals surface area contributed by atoms with Crippen molar-refractivity contribution in [1.82, 2.24) is 9.97 Å². The number of thiazole rings is 1. The highest BCUT2D eigenvalue weighted by Gasteiger charge is 2.06. The predicted molar refractivity (Wildman–Crippen MR) is 105 cm³/mol. The van der Waals surface area contributed by atoms with Gasteiger partial charge in [-0.05, 0) is 35.7 Å². The van der Waals surface area contributed by atoms with E-state index in [4.69, 9.17) is 4.98 Å². The van der Waals surface area contributed by atoms with Crippen LogP contribution in [0.1, 0.15) is 16.1 Å². The Morgan fingerprint density at radius 2 is 1.64 bits per heavy atom. The molecule has 0 saturated carbocycles. The minimum atomic E-state index is 0.818. The molecule has 0 aliphatic carbocycles. The van der Waals surface area contributed by atoms with Gasteiger partial charge < -0.3 is 0 Å². The first-order valence-corrected chi connectivity index (χ1v) is 9.13. The van der Waals surface area contributed by atoms with Gasteiger partial charge in [-0.1, -0.05) is 60.7 Å². The highest BCUT2D eigenvalue weighted by molar-refractivity contribution is 7.14. The number of pyridine rings is 1. The molecule has 4 rings (SSSR count). The first-order valence-electron chi connectivity index (χ1n) is 8.31. The second kappa shape index (κ2) is 6.99. The highest BCUT2D eigenvalue weighted by atomic mass is 32.1. The van der Waals surface area contributed by atoms with Gasteiger partial charge in [0.15, 0.2) is 0 Å². The second-order valence-corrected chi connectivity index (χ2v) is 7.27. The Kier molecular flexibility index (Phi) is 4.40. The van der Waals surface area contributed by atoms with E-state index >= 15 is 0 Å². The van der Waals surface area contributed by atoms with Crippen LogP contribution in [0, 0.1) is 6.92 Å². The van der Waals surface area contributed by atoms with Crippen molar-refractivity contribution in [2.24, 2.45) is 0 Å². The fourth-order valence-electron chi connectivity index (χ4n) is 2.87. The minimum Gasteiger partial charge on any atom is -0.250 e. The average Bonchev–Trinajstić information content (AvgIpc) is 3.09. The molecule has 2 heterocycles. The van der Waals surface area contributed by atoms with Crippen LogP contribution in [0.25, 0.3) is 21.8 Å². The maximum atomic E-state index is 4.80. The fraction of sp³-hybridized carbons (Fsp3) is 0.0909. The van der Waals surface area contributed by atoms with E-state index in [1.54, 1.807) is 11.3 Å².